The number of benzene rings is 3. The first-order valence-corrected chi connectivity index (χ1v) is 12.1. The molecule has 7 heteroatoms. The van der Waals surface area contributed by atoms with Gasteiger partial charge in [0.25, 0.3) is 10.0 Å². The molecule has 30 heavy (non-hydrogen) atoms. The Kier molecular flexibility index (Phi) is 7.18. The maximum Gasteiger partial charge on any atom is 0.261 e. The lowest BCUT2D eigenvalue weighted by Gasteiger charge is -2.10. The molecule has 3 aromatic carbocycles. The lowest BCUT2D eigenvalue weighted by Crippen LogP contribution is -2.15. The largest absolute Gasteiger partial charge is 0.325 e. The second-order valence-corrected chi connectivity index (χ2v) is 9.69. The number of thioether (sulfide) groups is 1. The van der Waals surface area contributed by atoms with E-state index in [0.29, 0.717) is 17.1 Å². The van der Waals surface area contributed by atoms with Crippen molar-refractivity contribution in [2.75, 3.05) is 15.8 Å². The van der Waals surface area contributed by atoms with Crippen molar-refractivity contribution in [3.8, 4) is 0 Å². The highest BCUT2D eigenvalue weighted by Crippen LogP contribution is 2.19. The molecule has 3 aromatic rings. The first-order chi connectivity index (χ1) is 14.3. The zero-order valence-corrected chi connectivity index (χ0v) is 18.5. The molecule has 0 saturated heterocycles. The Morgan fingerprint density at radius 3 is 1.93 bits per heavy atom. The fraction of sp³-hybridized carbons (Fsp3) is 0.174. The van der Waals surface area contributed by atoms with Crippen molar-refractivity contribution >= 4 is 39.1 Å². The summed E-state index contributed by atoms with van der Waals surface area (Å²) in [6.45, 7) is 3.98. The van der Waals surface area contributed by atoms with Gasteiger partial charge >= 0.3 is 0 Å². The predicted octanol–water partition coefficient (Wildman–Crippen LogP) is 4.98. The summed E-state index contributed by atoms with van der Waals surface area (Å²) in [4.78, 5) is 12.3. The first-order valence-electron chi connectivity index (χ1n) is 9.44. The maximum absolute atomic E-state index is 12.5. The quantitative estimate of drug-likeness (QED) is 0.518. The Morgan fingerprint density at radius 1 is 0.800 bits per heavy atom. The van der Waals surface area contributed by atoms with E-state index in [4.69, 9.17) is 0 Å². The molecule has 2 N–H and O–H groups in total. The van der Waals surface area contributed by atoms with Gasteiger partial charge in [-0.15, -0.1) is 11.8 Å². The van der Waals surface area contributed by atoms with Crippen molar-refractivity contribution in [3.63, 3.8) is 0 Å². The molecule has 0 aliphatic heterocycles. The van der Waals surface area contributed by atoms with Gasteiger partial charge in [-0.25, -0.2) is 8.42 Å². The van der Waals surface area contributed by atoms with Gasteiger partial charge < -0.3 is 5.32 Å². The van der Waals surface area contributed by atoms with Crippen molar-refractivity contribution in [1.82, 2.24) is 0 Å². The summed E-state index contributed by atoms with van der Waals surface area (Å²) >= 11 is 1.53. The fourth-order valence-electron chi connectivity index (χ4n) is 2.70. The number of carbonyl (C=O) groups is 1. The molecule has 156 valence electrons. The molecular formula is C23H24N2O3S2. The molecule has 0 heterocycles. The lowest BCUT2D eigenvalue weighted by molar-refractivity contribution is -0.113. The second kappa shape index (κ2) is 9.82. The summed E-state index contributed by atoms with van der Waals surface area (Å²) < 4.78 is 27.6. The van der Waals surface area contributed by atoms with E-state index in [1.54, 1.807) is 24.3 Å². The summed E-state index contributed by atoms with van der Waals surface area (Å²) in [5, 5.41) is 2.80. The average Bonchev–Trinajstić information content (AvgIpc) is 2.71. The Balaban J connectivity index is 1.52. The Bertz CT molecular complexity index is 1090. The molecule has 0 bridgehead atoms. The SMILES string of the molecule is Cc1ccc(CSCC(=O)Nc2ccc(S(=O)(=O)Nc3ccc(C)cc3)cc2)cc1. The van der Waals surface area contributed by atoms with E-state index in [1.807, 2.05) is 26.0 Å². The van der Waals surface area contributed by atoms with E-state index in [-0.39, 0.29) is 10.8 Å². The number of hydrogen-bond donors (Lipinski definition) is 2. The Labute approximate surface area is 182 Å². The van der Waals surface area contributed by atoms with Gasteiger partial charge in [-0.1, -0.05) is 47.5 Å². The highest BCUT2D eigenvalue weighted by atomic mass is 32.2. The summed E-state index contributed by atoms with van der Waals surface area (Å²) in [6, 6.07) is 21.5. The zero-order chi connectivity index (χ0) is 21.6. The standard InChI is InChI=1S/C23H24N2O3S2/c1-17-3-7-19(8-4-17)15-29-16-23(26)24-20-11-13-22(14-12-20)30(27,28)25-21-9-5-18(2)6-10-21/h3-14,25H,15-16H2,1-2H3,(H,24,26). The minimum Gasteiger partial charge on any atom is -0.325 e. The molecule has 0 fully saturated rings. The van der Waals surface area contributed by atoms with Gasteiger partial charge in [0, 0.05) is 17.1 Å². The Hall–Kier alpha value is -2.77. The van der Waals surface area contributed by atoms with Gasteiger partial charge in [0.1, 0.15) is 0 Å². The van der Waals surface area contributed by atoms with Gasteiger partial charge in [-0.2, -0.15) is 0 Å². The van der Waals surface area contributed by atoms with Crippen LogP contribution in [0.5, 0.6) is 0 Å². The molecule has 0 aromatic heterocycles. The zero-order valence-electron chi connectivity index (χ0n) is 16.9. The molecule has 0 atom stereocenters. The van der Waals surface area contributed by atoms with E-state index in [9.17, 15) is 13.2 Å². The number of hydrogen-bond acceptors (Lipinski definition) is 4. The molecule has 5 nitrogen and oxygen atoms in total. The molecule has 0 saturated carbocycles. The molecule has 0 spiro atoms. The van der Waals surface area contributed by atoms with Crippen LogP contribution < -0.4 is 10.0 Å². The third-order valence-corrected chi connectivity index (χ3v) is 6.78. The molecular weight excluding hydrogens is 416 g/mol. The van der Waals surface area contributed by atoms with Crippen molar-refractivity contribution in [2.45, 2.75) is 24.5 Å². The monoisotopic (exact) mass is 440 g/mol. The molecule has 0 aliphatic rings. The number of rotatable bonds is 8. The normalized spacial score (nSPS) is 11.1. The van der Waals surface area contributed by atoms with Crippen molar-refractivity contribution in [1.29, 1.82) is 0 Å². The van der Waals surface area contributed by atoms with E-state index in [1.165, 1.54) is 35.0 Å². The van der Waals surface area contributed by atoms with Gasteiger partial charge in [0.2, 0.25) is 5.91 Å². The fourth-order valence-corrected chi connectivity index (χ4v) is 4.54. The van der Waals surface area contributed by atoms with Crippen molar-refractivity contribution in [2.24, 2.45) is 0 Å². The minimum atomic E-state index is -3.69. The second-order valence-electron chi connectivity index (χ2n) is 7.02. The van der Waals surface area contributed by atoms with E-state index in [2.05, 4.69) is 34.3 Å². The lowest BCUT2D eigenvalue weighted by atomic mass is 10.2. The number of carbonyl (C=O) groups excluding carboxylic acids is 1. The van der Waals surface area contributed by atoms with Crippen LogP contribution in [0, 0.1) is 13.8 Å². The Morgan fingerprint density at radius 2 is 1.33 bits per heavy atom. The van der Waals surface area contributed by atoms with Crippen LogP contribution in [0.25, 0.3) is 0 Å². The number of anilines is 2. The maximum atomic E-state index is 12.5. The molecule has 0 unspecified atom stereocenters. The molecule has 0 aliphatic carbocycles. The number of nitrogens with one attached hydrogen (secondary N) is 2. The summed E-state index contributed by atoms with van der Waals surface area (Å²) in [5.74, 6) is 0.957. The van der Waals surface area contributed by atoms with Crippen LogP contribution in [-0.4, -0.2) is 20.1 Å². The molecule has 0 radical (unpaired) electrons. The topological polar surface area (TPSA) is 75.3 Å². The highest BCUT2D eigenvalue weighted by Gasteiger charge is 2.14. The van der Waals surface area contributed by atoms with E-state index < -0.39 is 10.0 Å². The van der Waals surface area contributed by atoms with Gasteiger partial charge in [-0.05, 0) is 55.8 Å². The highest BCUT2D eigenvalue weighted by molar-refractivity contribution is 7.99. The van der Waals surface area contributed by atoms with Crippen LogP contribution in [0.15, 0.2) is 77.7 Å². The van der Waals surface area contributed by atoms with Crippen LogP contribution >= 0.6 is 11.8 Å². The van der Waals surface area contributed by atoms with Gasteiger partial charge in [0.15, 0.2) is 0 Å². The summed E-state index contributed by atoms with van der Waals surface area (Å²) in [6.07, 6.45) is 0. The van der Waals surface area contributed by atoms with Crippen molar-refractivity contribution < 1.29 is 13.2 Å². The van der Waals surface area contributed by atoms with E-state index >= 15 is 0 Å². The van der Waals surface area contributed by atoms with E-state index in [0.717, 1.165) is 11.3 Å². The van der Waals surface area contributed by atoms with Gasteiger partial charge in [0.05, 0.1) is 10.6 Å². The van der Waals surface area contributed by atoms with Crippen LogP contribution in [0.2, 0.25) is 0 Å². The van der Waals surface area contributed by atoms with Crippen LogP contribution in [-0.2, 0) is 20.6 Å². The average molecular weight is 441 g/mol. The third-order valence-electron chi connectivity index (χ3n) is 4.37. The summed E-state index contributed by atoms with van der Waals surface area (Å²) in [5.41, 5.74) is 4.50. The predicted molar refractivity (Wildman–Crippen MR) is 124 cm³/mol. The third kappa shape index (κ3) is 6.37. The van der Waals surface area contributed by atoms with Crippen LogP contribution in [0.1, 0.15) is 16.7 Å². The molecule has 3 rings (SSSR count). The smallest absolute Gasteiger partial charge is 0.261 e. The van der Waals surface area contributed by atoms with Crippen molar-refractivity contribution in [3.05, 3.63) is 89.5 Å². The van der Waals surface area contributed by atoms with Crippen LogP contribution in [0.3, 0.4) is 0 Å². The number of aryl methyl sites for hydroxylation is 2. The van der Waals surface area contributed by atoms with Gasteiger partial charge in [-0.3, -0.25) is 9.52 Å². The summed E-state index contributed by atoms with van der Waals surface area (Å²) in [7, 11) is -3.69. The number of amides is 1. The molecule has 1 amide bonds. The number of sulfonamides is 1. The first kappa shape index (κ1) is 21.9. The minimum absolute atomic E-state index is 0.125. The van der Waals surface area contributed by atoms with Crippen LogP contribution in [0.4, 0.5) is 11.4 Å².